The molecule has 0 radical (unpaired) electrons. The summed E-state index contributed by atoms with van der Waals surface area (Å²) in [5.41, 5.74) is 2.85. The SMILES string of the molecule is CC(=O)c1cc(Br)ccc1Oc1cc(C(C)C)ccc1C. The molecule has 0 aliphatic carbocycles. The summed E-state index contributed by atoms with van der Waals surface area (Å²) in [6.45, 7) is 7.85. The predicted molar refractivity (Wildman–Crippen MR) is 89.5 cm³/mol. The average molecular weight is 347 g/mol. The lowest BCUT2D eigenvalue weighted by molar-refractivity contribution is 0.101. The Balaban J connectivity index is 2.43. The van der Waals surface area contributed by atoms with Crippen molar-refractivity contribution >= 4 is 21.7 Å². The van der Waals surface area contributed by atoms with Crippen molar-refractivity contribution in [1.29, 1.82) is 0 Å². The van der Waals surface area contributed by atoms with Gasteiger partial charge in [-0.05, 0) is 55.2 Å². The molecule has 0 fully saturated rings. The molecule has 2 nitrogen and oxygen atoms in total. The number of halogens is 1. The van der Waals surface area contributed by atoms with Crippen molar-refractivity contribution in [3.05, 3.63) is 57.6 Å². The van der Waals surface area contributed by atoms with Gasteiger partial charge in [0, 0.05) is 4.47 Å². The summed E-state index contributed by atoms with van der Waals surface area (Å²) in [6, 6.07) is 11.7. The first-order valence-corrected chi connectivity index (χ1v) is 7.76. The monoisotopic (exact) mass is 346 g/mol. The lowest BCUT2D eigenvalue weighted by atomic mass is 10.0. The van der Waals surface area contributed by atoms with Crippen LogP contribution in [0, 0.1) is 6.92 Å². The van der Waals surface area contributed by atoms with Gasteiger partial charge in [0.1, 0.15) is 11.5 Å². The van der Waals surface area contributed by atoms with Crippen molar-refractivity contribution < 1.29 is 9.53 Å². The third kappa shape index (κ3) is 3.73. The summed E-state index contributed by atoms with van der Waals surface area (Å²) >= 11 is 3.39. The fourth-order valence-electron chi connectivity index (χ4n) is 2.07. The summed E-state index contributed by atoms with van der Waals surface area (Å²) < 4.78 is 6.87. The highest BCUT2D eigenvalue weighted by Crippen LogP contribution is 2.32. The number of aryl methyl sites for hydroxylation is 1. The lowest BCUT2D eigenvalue weighted by Gasteiger charge is -2.14. The topological polar surface area (TPSA) is 26.3 Å². The second-order valence-corrected chi connectivity index (χ2v) is 6.39. The maximum atomic E-state index is 11.8. The van der Waals surface area contributed by atoms with E-state index in [1.54, 1.807) is 13.0 Å². The van der Waals surface area contributed by atoms with Crippen LogP contribution >= 0.6 is 15.9 Å². The van der Waals surface area contributed by atoms with E-state index in [2.05, 4.69) is 41.9 Å². The molecule has 0 aliphatic heterocycles. The number of carbonyl (C=O) groups is 1. The van der Waals surface area contributed by atoms with Gasteiger partial charge in [-0.25, -0.2) is 0 Å². The maximum absolute atomic E-state index is 11.8. The summed E-state index contributed by atoms with van der Waals surface area (Å²) in [6.07, 6.45) is 0. The van der Waals surface area contributed by atoms with Gasteiger partial charge in [-0.15, -0.1) is 0 Å². The van der Waals surface area contributed by atoms with Crippen molar-refractivity contribution in [1.82, 2.24) is 0 Å². The van der Waals surface area contributed by atoms with Crippen molar-refractivity contribution in [3.8, 4) is 11.5 Å². The Morgan fingerprint density at radius 1 is 1.10 bits per heavy atom. The lowest BCUT2D eigenvalue weighted by Crippen LogP contribution is -1.99. The third-order valence-corrected chi connectivity index (χ3v) is 3.91. The molecule has 0 aliphatic rings. The standard InChI is InChI=1S/C18H19BrO2/c1-11(2)14-6-5-12(3)18(9-14)21-17-8-7-15(19)10-16(17)13(4)20/h5-11H,1-4H3. The van der Waals surface area contributed by atoms with Crippen LogP contribution in [0.15, 0.2) is 40.9 Å². The van der Waals surface area contributed by atoms with Gasteiger partial charge < -0.3 is 4.74 Å². The molecule has 0 atom stereocenters. The minimum Gasteiger partial charge on any atom is -0.456 e. The average Bonchev–Trinajstić information content (AvgIpc) is 2.42. The van der Waals surface area contributed by atoms with Gasteiger partial charge in [0.15, 0.2) is 5.78 Å². The van der Waals surface area contributed by atoms with Gasteiger partial charge in [0.05, 0.1) is 5.56 Å². The zero-order valence-electron chi connectivity index (χ0n) is 12.7. The van der Waals surface area contributed by atoms with Crippen molar-refractivity contribution in [2.75, 3.05) is 0 Å². The van der Waals surface area contributed by atoms with E-state index in [9.17, 15) is 4.79 Å². The van der Waals surface area contributed by atoms with Gasteiger partial charge >= 0.3 is 0 Å². The van der Waals surface area contributed by atoms with E-state index in [0.717, 1.165) is 15.8 Å². The highest BCUT2D eigenvalue weighted by molar-refractivity contribution is 9.10. The zero-order valence-corrected chi connectivity index (χ0v) is 14.3. The molecule has 2 aromatic rings. The second-order valence-electron chi connectivity index (χ2n) is 5.48. The largest absolute Gasteiger partial charge is 0.456 e. The van der Waals surface area contributed by atoms with Crippen LogP contribution in [0.5, 0.6) is 11.5 Å². The van der Waals surface area contributed by atoms with Crippen molar-refractivity contribution in [3.63, 3.8) is 0 Å². The molecule has 0 heterocycles. The third-order valence-electron chi connectivity index (χ3n) is 3.42. The molecule has 21 heavy (non-hydrogen) atoms. The zero-order chi connectivity index (χ0) is 15.6. The first-order valence-electron chi connectivity index (χ1n) is 6.97. The van der Waals surface area contributed by atoms with E-state index in [0.29, 0.717) is 17.2 Å². The van der Waals surface area contributed by atoms with Crippen LogP contribution in [0.2, 0.25) is 0 Å². The summed E-state index contributed by atoms with van der Waals surface area (Å²) in [7, 11) is 0. The van der Waals surface area contributed by atoms with Gasteiger partial charge in [-0.3, -0.25) is 4.79 Å². The molecule has 0 aromatic heterocycles. The number of carbonyl (C=O) groups excluding carboxylic acids is 1. The van der Waals surface area contributed by atoms with Crippen LogP contribution in [0.1, 0.15) is 48.2 Å². The normalized spacial score (nSPS) is 10.8. The minimum absolute atomic E-state index is 0.0102. The molecule has 0 N–H and O–H groups in total. The minimum atomic E-state index is -0.0102. The molecular weight excluding hydrogens is 328 g/mol. The molecule has 0 unspecified atom stereocenters. The Kier molecular flexibility index (Phi) is 4.84. The summed E-state index contributed by atoms with van der Waals surface area (Å²) in [4.78, 5) is 11.8. The number of hydrogen-bond acceptors (Lipinski definition) is 2. The first kappa shape index (κ1) is 15.8. The van der Waals surface area contributed by atoms with E-state index in [4.69, 9.17) is 4.74 Å². The number of hydrogen-bond donors (Lipinski definition) is 0. The number of ether oxygens (including phenoxy) is 1. The first-order chi connectivity index (χ1) is 9.88. The second kappa shape index (κ2) is 6.44. The van der Waals surface area contributed by atoms with Gasteiger partial charge in [0.25, 0.3) is 0 Å². The van der Waals surface area contributed by atoms with E-state index in [1.165, 1.54) is 5.56 Å². The highest BCUT2D eigenvalue weighted by atomic mass is 79.9. The fourth-order valence-corrected chi connectivity index (χ4v) is 2.43. The Hall–Kier alpha value is -1.61. The molecule has 0 spiro atoms. The van der Waals surface area contributed by atoms with Crippen LogP contribution in [-0.2, 0) is 0 Å². The Bertz CT molecular complexity index is 675. The molecule has 110 valence electrons. The number of benzene rings is 2. The molecule has 3 heteroatoms. The van der Waals surface area contributed by atoms with Gasteiger partial charge in [0.2, 0.25) is 0 Å². The fraction of sp³-hybridized carbons (Fsp3) is 0.278. The van der Waals surface area contributed by atoms with E-state index in [1.807, 2.05) is 25.1 Å². The Morgan fingerprint density at radius 3 is 2.43 bits per heavy atom. The highest BCUT2D eigenvalue weighted by Gasteiger charge is 2.12. The summed E-state index contributed by atoms with van der Waals surface area (Å²) in [5.74, 6) is 1.81. The number of ketones is 1. The van der Waals surface area contributed by atoms with Crippen LogP contribution in [-0.4, -0.2) is 5.78 Å². The molecule has 0 amide bonds. The van der Waals surface area contributed by atoms with Crippen LogP contribution < -0.4 is 4.74 Å². The summed E-state index contributed by atoms with van der Waals surface area (Å²) in [5, 5.41) is 0. The molecular formula is C18H19BrO2. The molecule has 0 saturated carbocycles. The van der Waals surface area contributed by atoms with E-state index < -0.39 is 0 Å². The molecule has 2 rings (SSSR count). The van der Waals surface area contributed by atoms with E-state index >= 15 is 0 Å². The quantitative estimate of drug-likeness (QED) is 0.646. The smallest absolute Gasteiger partial charge is 0.163 e. The van der Waals surface area contributed by atoms with Crippen LogP contribution in [0.3, 0.4) is 0 Å². The Labute approximate surface area is 134 Å². The number of Topliss-reactive ketones (excluding diaryl/α,β-unsaturated/α-hetero) is 1. The van der Waals surface area contributed by atoms with E-state index in [-0.39, 0.29) is 5.78 Å². The molecule has 0 bridgehead atoms. The molecule has 2 aromatic carbocycles. The predicted octanol–water partition coefficient (Wildman–Crippen LogP) is 5.88. The van der Waals surface area contributed by atoms with Crippen molar-refractivity contribution in [2.24, 2.45) is 0 Å². The van der Waals surface area contributed by atoms with Crippen LogP contribution in [0.25, 0.3) is 0 Å². The molecule has 0 saturated heterocycles. The van der Waals surface area contributed by atoms with Gasteiger partial charge in [-0.1, -0.05) is 41.9 Å². The van der Waals surface area contributed by atoms with Gasteiger partial charge in [-0.2, -0.15) is 0 Å². The Morgan fingerprint density at radius 2 is 1.81 bits per heavy atom. The maximum Gasteiger partial charge on any atom is 0.163 e. The number of rotatable bonds is 4. The van der Waals surface area contributed by atoms with Crippen molar-refractivity contribution in [2.45, 2.75) is 33.6 Å². The van der Waals surface area contributed by atoms with Crippen LogP contribution in [0.4, 0.5) is 0 Å².